The molecular formula is C21H28N4O2. The highest BCUT2D eigenvalue weighted by Gasteiger charge is 2.21. The first kappa shape index (κ1) is 19.0. The molecular weight excluding hydrogens is 340 g/mol. The maximum Gasteiger partial charge on any atom is 0.194 e. The van der Waals surface area contributed by atoms with Crippen molar-refractivity contribution in [3.05, 3.63) is 59.7 Å². The second-order valence-corrected chi connectivity index (χ2v) is 6.62. The highest BCUT2D eigenvalue weighted by atomic mass is 16.5. The molecule has 1 heterocycles. The van der Waals surface area contributed by atoms with Gasteiger partial charge in [0.1, 0.15) is 5.75 Å². The lowest BCUT2D eigenvalue weighted by Gasteiger charge is -2.37. The minimum absolute atomic E-state index is 0.337. The Balaban J connectivity index is 1.55. The number of phenolic OH excluding ortho intramolecular Hbond substituents is 1. The second kappa shape index (κ2) is 9.28. The Kier molecular flexibility index (Phi) is 6.54. The van der Waals surface area contributed by atoms with E-state index in [4.69, 9.17) is 4.74 Å². The van der Waals surface area contributed by atoms with E-state index in [0.717, 1.165) is 44.4 Å². The molecule has 0 radical (unpaired) electrons. The number of aromatic hydroxyl groups is 1. The van der Waals surface area contributed by atoms with Crippen LogP contribution in [0, 0.1) is 0 Å². The normalized spacial score (nSPS) is 15.1. The molecule has 0 amide bonds. The molecule has 3 rings (SSSR count). The molecule has 0 aliphatic carbocycles. The Morgan fingerprint density at radius 2 is 1.81 bits per heavy atom. The molecule has 0 spiro atoms. The van der Waals surface area contributed by atoms with Crippen molar-refractivity contribution in [2.75, 3.05) is 45.2 Å². The van der Waals surface area contributed by atoms with Gasteiger partial charge in [0.05, 0.1) is 12.3 Å². The minimum Gasteiger partial charge on any atom is -0.506 e. The third-order valence-electron chi connectivity index (χ3n) is 4.77. The molecule has 0 bridgehead atoms. The fourth-order valence-corrected chi connectivity index (χ4v) is 3.40. The summed E-state index contributed by atoms with van der Waals surface area (Å²) in [4.78, 5) is 8.91. The number of nitrogens with zero attached hydrogens (tertiary/aromatic N) is 3. The van der Waals surface area contributed by atoms with Gasteiger partial charge in [-0.1, -0.05) is 36.4 Å². The SMILES string of the molecule is CN=C(NCc1cccc(COC)c1)N1CCN(c2ccccc2O)CC1. The quantitative estimate of drug-likeness (QED) is 0.627. The first-order valence-corrected chi connectivity index (χ1v) is 9.26. The smallest absolute Gasteiger partial charge is 0.194 e. The predicted octanol–water partition coefficient (Wildman–Crippen LogP) is 2.44. The van der Waals surface area contributed by atoms with Crippen LogP contribution in [0.5, 0.6) is 5.75 Å². The van der Waals surface area contributed by atoms with Gasteiger partial charge in [0.15, 0.2) is 5.96 Å². The van der Waals surface area contributed by atoms with Crippen molar-refractivity contribution in [2.45, 2.75) is 13.2 Å². The lowest BCUT2D eigenvalue weighted by atomic mass is 10.1. The molecule has 2 N–H and O–H groups in total. The van der Waals surface area contributed by atoms with Crippen LogP contribution in [0.15, 0.2) is 53.5 Å². The summed E-state index contributed by atoms with van der Waals surface area (Å²) in [6.45, 7) is 4.76. The number of methoxy groups -OCH3 is 1. The molecule has 1 fully saturated rings. The van der Waals surface area contributed by atoms with Crippen LogP contribution >= 0.6 is 0 Å². The molecule has 0 atom stereocenters. The van der Waals surface area contributed by atoms with E-state index >= 15 is 0 Å². The van der Waals surface area contributed by atoms with E-state index in [1.54, 1.807) is 13.2 Å². The van der Waals surface area contributed by atoms with Gasteiger partial charge in [-0.15, -0.1) is 0 Å². The van der Waals surface area contributed by atoms with Crippen molar-refractivity contribution in [1.29, 1.82) is 0 Å². The monoisotopic (exact) mass is 368 g/mol. The van der Waals surface area contributed by atoms with E-state index in [1.165, 1.54) is 11.1 Å². The standard InChI is InChI=1S/C21H28N4O2/c1-22-21(23-15-17-6-5-7-18(14-17)16-27-2)25-12-10-24(11-13-25)19-8-3-4-9-20(19)26/h3-9,14,26H,10-13,15-16H2,1-2H3,(H,22,23). The Labute approximate surface area is 161 Å². The van der Waals surface area contributed by atoms with Crippen molar-refractivity contribution in [3.63, 3.8) is 0 Å². The Hall–Kier alpha value is -2.73. The summed E-state index contributed by atoms with van der Waals surface area (Å²) < 4.78 is 5.20. The Morgan fingerprint density at radius 3 is 2.52 bits per heavy atom. The van der Waals surface area contributed by atoms with Crippen LogP contribution in [0.3, 0.4) is 0 Å². The summed E-state index contributed by atoms with van der Waals surface area (Å²) in [7, 11) is 3.53. The van der Waals surface area contributed by atoms with Gasteiger partial charge >= 0.3 is 0 Å². The molecule has 6 nitrogen and oxygen atoms in total. The van der Waals surface area contributed by atoms with Crippen LogP contribution in [-0.4, -0.2) is 56.3 Å². The number of piperazine rings is 1. The lowest BCUT2D eigenvalue weighted by molar-refractivity contribution is 0.185. The summed E-state index contributed by atoms with van der Waals surface area (Å²) in [5.41, 5.74) is 3.27. The largest absolute Gasteiger partial charge is 0.506 e. The van der Waals surface area contributed by atoms with E-state index in [-0.39, 0.29) is 0 Å². The van der Waals surface area contributed by atoms with Gasteiger partial charge in [0.25, 0.3) is 0 Å². The number of rotatable bonds is 5. The van der Waals surface area contributed by atoms with E-state index in [1.807, 2.05) is 25.2 Å². The minimum atomic E-state index is 0.337. The van der Waals surface area contributed by atoms with Gasteiger partial charge in [-0.3, -0.25) is 4.99 Å². The van der Waals surface area contributed by atoms with E-state index in [0.29, 0.717) is 12.4 Å². The van der Waals surface area contributed by atoms with E-state index < -0.39 is 0 Å². The molecule has 0 aromatic heterocycles. The zero-order chi connectivity index (χ0) is 19.1. The molecule has 1 aliphatic rings. The van der Waals surface area contributed by atoms with E-state index in [2.05, 4.69) is 44.4 Å². The number of phenols is 1. The summed E-state index contributed by atoms with van der Waals surface area (Å²) in [6.07, 6.45) is 0. The Morgan fingerprint density at radius 1 is 1.07 bits per heavy atom. The van der Waals surface area contributed by atoms with Gasteiger partial charge in [0.2, 0.25) is 0 Å². The number of para-hydroxylation sites is 2. The third-order valence-corrected chi connectivity index (χ3v) is 4.77. The number of aliphatic imine (C=N–C) groups is 1. The number of hydrogen-bond donors (Lipinski definition) is 2. The second-order valence-electron chi connectivity index (χ2n) is 6.62. The van der Waals surface area contributed by atoms with Crippen molar-refractivity contribution < 1.29 is 9.84 Å². The van der Waals surface area contributed by atoms with Crippen molar-refractivity contribution in [2.24, 2.45) is 4.99 Å². The number of nitrogens with one attached hydrogen (secondary N) is 1. The summed E-state index contributed by atoms with van der Waals surface area (Å²) in [6, 6.07) is 15.9. The van der Waals surface area contributed by atoms with Gasteiger partial charge in [-0.25, -0.2) is 0 Å². The van der Waals surface area contributed by atoms with Crippen molar-refractivity contribution in [3.8, 4) is 5.75 Å². The first-order chi connectivity index (χ1) is 13.2. The highest BCUT2D eigenvalue weighted by Crippen LogP contribution is 2.27. The maximum atomic E-state index is 10.1. The number of hydrogen-bond acceptors (Lipinski definition) is 4. The summed E-state index contributed by atoms with van der Waals surface area (Å²) in [5, 5.41) is 13.5. The lowest BCUT2D eigenvalue weighted by Crippen LogP contribution is -2.52. The molecule has 1 aliphatic heterocycles. The number of guanidine groups is 1. The fourth-order valence-electron chi connectivity index (χ4n) is 3.40. The Bertz CT molecular complexity index is 770. The summed E-state index contributed by atoms with van der Waals surface area (Å²) in [5.74, 6) is 1.24. The van der Waals surface area contributed by atoms with Crippen molar-refractivity contribution >= 4 is 11.6 Å². The zero-order valence-electron chi connectivity index (χ0n) is 16.1. The fraction of sp³-hybridized carbons (Fsp3) is 0.381. The summed E-state index contributed by atoms with van der Waals surface area (Å²) >= 11 is 0. The molecule has 27 heavy (non-hydrogen) atoms. The van der Waals surface area contributed by atoms with Crippen LogP contribution in [0.2, 0.25) is 0 Å². The molecule has 2 aromatic rings. The van der Waals surface area contributed by atoms with Gasteiger partial charge < -0.3 is 25.0 Å². The van der Waals surface area contributed by atoms with Gasteiger partial charge in [-0.2, -0.15) is 0 Å². The van der Waals surface area contributed by atoms with E-state index in [9.17, 15) is 5.11 Å². The molecule has 0 unspecified atom stereocenters. The molecule has 144 valence electrons. The molecule has 6 heteroatoms. The third kappa shape index (κ3) is 4.92. The molecule has 2 aromatic carbocycles. The van der Waals surface area contributed by atoms with Crippen LogP contribution in [-0.2, 0) is 17.9 Å². The van der Waals surface area contributed by atoms with Crippen LogP contribution < -0.4 is 10.2 Å². The van der Waals surface area contributed by atoms with Gasteiger partial charge in [-0.05, 0) is 23.3 Å². The number of benzene rings is 2. The first-order valence-electron chi connectivity index (χ1n) is 9.26. The average molecular weight is 368 g/mol. The number of ether oxygens (including phenoxy) is 1. The maximum absolute atomic E-state index is 10.1. The number of anilines is 1. The molecule has 1 saturated heterocycles. The van der Waals surface area contributed by atoms with Crippen LogP contribution in [0.1, 0.15) is 11.1 Å². The van der Waals surface area contributed by atoms with Crippen molar-refractivity contribution in [1.82, 2.24) is 10.2 Å². The predicted molar refractivity (Wildman–Crippen MR) is 109 cm³/mol. The zero-order valence-corrected chi connectivity index (χ0v) is 16.1. The van der Waals surface area contributed by atoms with Gasteiger partial charge in [0, 0.05) is 46.9 Å². The topological polar surface area (TPSA) is 60.3 Å². The van der Waals surface area contributed by atoms with Crippen LogP contribution in [0.4, 0.5) is 5.69 Å². The van der Waals surface area contributed by atoms with Crippen LogP contribution in [0.25, 0.3) is 0 Å². The molecule has 0 saturated carbocycles. The highest BCUT2D eigenvalue weighted by molar-refractivity contribution is 5.80. The average Bonchev–Trinajstić information content (AvgIpc) is 2.70.